The first-order chi connectivity index (χ1) is 43.2. The Morgan fingerprint density at radius 3 is 2.18 bits per heavy atom. The van der Waals surface area contributed by atoms with E-state index in [1.165, 1.54) is 80.0 Å². The number of ketones is 1. The molecule has 0 spiro atoms. The molecule has 5 atom stereocenters. The second kappa shape index (κ2) is 33.6. The zero-order chi connectivity index (χ0) is 66.6. The highest BCUT2D eigenvalue weighted by molar-refractivity contribution is 6.38. The molecule has 494 valence electrons. The molecule has 91 heavy (non-hydrogen) atoms. The van der Waals surface area contributed by atoms with Gasteiger partial charge in [0.2, 0.25) is 29.4 Å². The predicted molar refractivity (Wildman–Crippen MR) is 339 cm³/mol. The number of methoxy groups -OCH3 is 2. The molecular weight excluding hydrogens is 1170 g/mol. The summed E-state index contributed by atoms with van der Waals surface area (Å²) in [5.41, 5.74) is -0.947. The second-order valence-electron chi connectivity index (χ2n) is 24.9. The molecule has 21 nitrogen and oxygen atoms in total. The van der Waals surface area contributed by atoms with Gasteiger partial charge < -0.3 is 58.7 Å². The Morgan fingerprint density at radius 2 is 1.46 bits per heavy atom. The van der Waals surface area contributed by atoms with Gasteiger partial charge in [-0.2, -0.15) is 0 Å². The minimum atomic E-state index is -1.50. The van der Waals surface area contributed by atoms with Gasteiger partial charge >= 0.3 is 11.9 Å². The van der Waals surface area contributed by atoms with Gasteiger partial charge in [-0.1, -0.05) is 80.4 Å². The number of allylic oxidation sites excluding steroid dienone is 1. The molecule has 2 heterocycles. The summed E-state index contributed by atoms with van der Waals surface area (Å²) in [6, 6.07) is 17.6. The number of esters is 2. The molecule has 6 amide bonds. The molecule has 2 aliphatic rings. The minimum Gasteiger partial charge on any atom is -0.493 e. The molecule has 2 aliphatic heterocycles. The van der Waals surface area contributed by atoms with E-state index in [4.69, 9.17) is 28.4 Å². The third-order valence-electron chi connectivity index (χ3n) is 16.4. The van der Waals surface area contributed by atoms with Crippen molar-refractivity contribution in [3.8, 4) is 17.2 Å². The molecule has 4 aromatic rings. The third kappa shape index (κ3) is 20.6. The van der Waals surface area contributed by atoms with Crippen LogP contribution >= 0.6 is 0 Å². The second-order valence-corrected chi connectivity index (χ2v) is 24.9. The zero-order valence-corrected chi connectivity index (χ0v) is 54.6. The van der Waals surface area contributed by atoms with Gasteiger partial charge in [0, 0.05) is 52.8 Å². The molecule has 2 bridgehead atoms. The van der Waals surface area contributed by atoms with Crippen molar-refractivity contribution in [1.82, 2.24) is 30.2 Å². The van der Waals surface area contributed by atoms with Gasteiger partial charge in [-0.25, -0.2) is 14.0 Å². The number of Topliss-reactive ketones (excluding diaryl/α,β-unsaturated/α-hetero) is 1. The van der Waals surface area contributed by atoms with Crippen molar-refractivity contribution in [2.45, 2.75) is 154 Å². The monoisotopic (exact) mass is 1260 g/mol. The summed E-state index contributed by atoms with van der Waals surface area (Å²) in [7, 11) is 7.30. The fourth-order valence-corrected chi connectivity index (χ4v) is 10.7. The van der Waals surface area contributed by atoms with Crippen molar-refractivity contribution in [3.05, 3.63) is 114 Å². The molecule has 4 aromatic carbocycles. The van der Waals surface area contributed by atoms with E-state index in [1.807, 2.05) is 49.4 Å². The standard InChI is InChI=1S/C69H91FN6O15/c1-12-13-27-53-64(82)72-52(37-45-30-31-46-23-17-18-24-47(46)36-45)65(83)75(9)55(42-90-68(2,3)4)63(81)71-41-59(77)73(7)34-20-15-14-16-29-61(79)89-44-69(5,6)62(80)66(84)76-35-21-19-28-54(76)67(85)91-56(33-32-48-39-57(86-10)58(87-11)40-51(48)70)49-25-22-26-50(38-49)88-43-60(78)74(53)8/h16-18,22-26,29-31,36,38-40,52-56H,12-15,19-21,27-28,32-35,37,41-44H2,1-11H3,(H,71,81)(H,72,82)/t52-,53-,54-,55-,56+/m0/s1. The van der Waals surface area contributed by atoms with E-state index in [0.29, 0.717) is 62.6 Å². The average Bonchev–Trinajstić information content (AvgIpc) is 1.15. The number of nitrogens with one attached hydrogen (secondary N) is 2. The Balaban J connectivity index is 1.34. The first-order valence-electron chi connectivity index (χ1n) is 31.2. The van der Waals surface area contributed by atoms with Crippen LogP contribution < -0.4 is 24.8 Å². The van der Waals surface area contributed by atoms with Gasteiger partial charge in [0.15, 0.2) is 18.1 Å². The largest absolute Gasteiger partial charge is 0.493 e. The van der Waals surface area contributed by atoms with E-state index in [-0.39, 0.29) is 68.1 Å². The number of amides is 6. The van der Waals surface area contributed by atoms with E-state index in [9.17, 15) is 38.4 Å². The van der Waals surface area contributed by atoms with Crippen LogP contribution in [0.4, 0.5) is 4.39 Å². The minimum absolute atomic E-state index is 0.000972. The summed E-state index contributed by atoms with van der Waals surface area (Å²) < 4.78 is 50.5. The lowest BCUT2D eigenvalue weighted by molar-refractivity contribution is -0.165. The van der Waals surface area contributed by atoms with E-state index < -0.39 is 120 Å². The third-order valence-corrected chi connectivity index (χ3v) is 16.4. The highest BCUT2D eigenvalue weighted by Crippen LogP contribution is 2.34. The van der Waals surface area contributed by atoms with E-state index in [2.05, 4.69) is 10.6 Å². The first kappa shape index (κ1) is 71.7. The van der Waals surface area contributed by atoms with Crippen molar-refractivity contribution < 1.29 is 76.0 Å². The SMILES string of the molecule is CCCC[C@H]1C(=O)N[C@@H](Cc2ccc3ccccc3c2)C(=O)N(C)[C@@H](COC(C)(C)C)C(=O)NCC(=O)N(C)CCCCC=CC(=O)OCC(C)(C)C(=O)C(=O)N2CCCC[C@H]2C(=O)O[C@H](CCc2cc(OC)c(OC)cc2F)c2cccc(c2)OCC(=O)N1C. The lowest BCUT2D eigenvalue weighted by Crippen LogP contribution is -2.59. The van der Waals surface area contributed by atoms with Crippen LogP contribution in [0.25, 0.3) is 10.8 Å². The number of cyclic esters (lactones) is 2. The lowest BCUT2D eigenvalue weighted by atomic mass is 9.87. The topological polar surface area (TPSA) is 246 Å². The average molecular weight is 1260 g/mol. The molecule has 0 saturated carbocycles. The highest BCUT2D eigenvalue weighted by Gasteiger charge is 2.43. The molecule has 0 unspecified atom stereocenters. The number of fused-ring (bicyclic) bond motifs is 4. The Labute approximate surface area is 533 Å². The lowest BCUT2D eigenvalue weighted by Gasteiger charge is -2.36. The van der Waals surface area contributed by atoms with E-state index in [0.717, 1.165) is 10.8 Å². The number of carbonyl (C=O) groups is 9. The maximum atomic E-state index is 15.7. The predicted octanol–water partition coefficient (Wildman–Crippen LogP) is 7.81. The molecule has 22 heteroatoms. The molecular formula is C69H91FN6O15. The molecule has 2 N–H and O–H groups in total. The number of likely N-dealkylation sites (N-methyl/N-ethyl adjacent to an activating group) is 3. The van der Waals surface area contributed by atoms with Gasteiger partial charge in [0.05, 0.1) is 38.4 Å². The maximum Gasteiger partial charge on any atom is 0.330 e. The number of ether oxygens (including phenoxy) is 6. The Morgan fingerprint density at radius 1 is 0.747 bits per heavy atom. The molecule has 0 aromatic heterocycles. The Bertz CT molecular complexity index is 3250. The number of benzene rings is 4. The summed E-state index contributed by atoms with van der Waals surface area (Å²) in [6.07, 6.45) is 5.81. The summed E-state index contributed by atoms with van der Waals surface area (Å²) in [5, 5.41) is 7.51. The smallest absolute Gasteiger partial charge is 0.330 e. The number of unbranched alkanes of at least 4 members (excludes halogenated alkanes) is 1. The maximum absolute atomic E-state index is 15.7. The summed E-state index contributed by atoms with van der Waals surface area (Å²) >= 11 is 0. The van der Waals surface area contributed by atoms with Crippen LogP contribution in [-0.2, 0) is 70.2 Å². The van der Waals surface area contributed by atoms with Gasteiger partial charge in [-0.3, -0.25) is 33.6 Å². The van der Waals surface area contributed by atoms with Gasteiger partial charge in [-0.05, 0) is 138 Å². The van der Waals surface area contributed by atoms with Gasteiger partial charge in [-0.15, -0.1) is 0 Å². The van der Waals surface area contributed by atoms with Crippen LogP contribution in [0.15, 0.2) is 91.0 Å². The van der Waals surface area contributed by atoms with Crippen molar-refractivity contribution in [2.24, 2.45) is 5.41 Å². The van der Waals surface area contributed by atoms with Crippen molar-refractivity contribution in [2.75, 3.05) is 74.8 Å². The number of carbonyl (C=O) groups excluding carboxylic acids is 9. The molecule has 6 rings (SSSR count). The van der Waals surface area contributed by atoms with Crippen molar-refractivity contribution in [3.63, 3.8) is 0 Å². The number of piperidine rings is 1. The number of nitrogens with zero attached hydrogens (tertiary/aromatic N) is 4. The summed E-state index contributed by atoms with van der Waals surface area (Å²) in [6.45, 7) is 8.96. The number of hydrogen-bond acceptors (Lipinski definition) is 15. The zero-order valence-electron chi connectivity index (χ0n) is 54.6. The fourth-order valence-electron chi connectivity index (χ4n) is 10.7. The summed E-state index contributed by atoms with van der Waals surface area (Å²) in [4.78, 5) is 133. The van der Waals surface area contributed by atoms with E-state index in [1.54, 1.807) is 58.2 Å². The Hall–Kier alpha value is -8.40. The quantitative estimate of drug-likeness (QED) is 0.101. The summed E-state index contributed by atoms with van der Waals surface area (Å²) in [5.74, 6) is -6.35. The van der Waals surface area contributed by atoms with Crippen molar-refractivity contribution in [1.29, 1.82) is 0 Å². The van der Waals surface area contributed by atoms with Crippen LogP contribution in [0, 0.1) is 11.2 Å². The van der Waals surface area contributed by atoms with Crippen LogP contribution in [0.2, 0.25) is 0 Å². The highest BCUT2D eigenvalue weighted by atomic mass is 19.1. The molecule has 0 aliphatic carbocycles. The van der Waals surface area contributed by atoms with Crippen LogP contribution in [0.1, 0.15) is 129 Å². The number of halogens is 1. The first-order valence-corrected chi connectivity index (χ1v) is 31.2. The van der Waals surface area contributed by atoms with Gasteiger partial charge in [0.25, 0.3) is 11.8 Å². The molecule has 0 radical (unpaired) electrons. The van der Waals surface area contributed by atoms with Crippen LogP contribution in [-0.4, -0.2) is 177 Å². The number of aryl methyl sites for hydroxylation is 1. The van der Waals surface area contributed by atoms with Crippen molar-refractivity contribution >= 4 is 63.9 Å². The van der Waals surface area contributed by atoms with Gasteiger partial charge in [0.1, 0.15) is 48.4 Å². The van der Waals surface area contributed by atoms with Crippen LogP contribution in [0.3, 0.4) is 0 Å². The number of rotatable bonds is 12. The van der Waals surface area contributed by atoms with Crippen LogP contribution in [0.5, 0.6) is 17.2 Å². The number of hydrogen-bond donors (Lipinski definition) is 2. The fraction of sp³-hybridized carbons (Fsp3) is 0.522. The normalized spacial score (nSPS) is 21.5. The van der Waals surface area contributed by atoms with E-state index >= 15 is 9.18 Å². The Kier molecular flexibility index (Phi) is 26.5. The molecule has 1 fully saturated rings. The molecule has 1 saturated heterocycles.